The number of carboxylic acid groups (broad SMARTS) is 2. The summed E-state index contributed by atoms with van der Waals surface area (Å²) in [6, 6.07) is 15.0. The number of aromatic nitrogens is 1. The largest absolute Gasteiger partial charge is 0.539 e. The number of hydrogen-bond acceptors (Lipinski definition) is 8. The molecule has 12 heteroatoms. The number of rotatable bonds is 14. The lowest BCUT2D eigenvalue weighted by Gasteiger charge is -2.14. The molecule has 2 aromatic carbocycles. The zero-order valence-corrected chi connectivity index (χ0v) is 21.8. The van der Waals surface area contributed by atoms with Crippen LogP contribution in [0, 0.1) is 6.92 Å². The van der Waals surface area contributed by atoms with Gasteiger partial charge in [0.2, 0.25) is 0 Å². The monoisotopic (exact) mass is 551 g/mol. The first kappa shape index (κ1) is 30.9. The fourth-order valence-corrected chi connectivity index (χ4v) is 3.51. The van der Waals surface area contributed by atoms with E-state index in [4.69, 9.17) is 40.9 Å². The van der Waals surface area contributed by atoms with Crippen molar-refractivity contribution in [3.05, 3.63) is 59.2 Å². The molecule has 0 aliphatic carbocycles. The molecular formula is C26H34ClN3O8. The van der Waals surface area contributed by atoms with E-state index < -0.39 is 24.1 Å². The number of carboxylic acids is 2. The smallest absolute Gasteiger partial charge is 0.351 e. The van der Waals surface area contributed by atoms with E-state index >= 15 is 0 Å². The van der Waals surface area contributed by atoms with Crippen LogP contribution >= 0.6 is 11.6 Å². The fraction of sp³-hybridized carbons (Fsp3) is 0.385. The molecule has 0 saturated heterocycles. The van der Waals surface area contributed by atoms with Crippen LogP contribution in [0.15, 0.2) is 48.5 Å². The van der Waals surface area contributed by atoms with Gasteiger partial charge in [-0.15, -0.1) is 0 Å². The summed E-state index contributed by atoms with van der Waals surface area (Å²) in [5.41, 5.74) is 2.11. The first-order valence-corrected chi connectivity index (χ1v) is 12.5. The Morgan fingerprint density at radius 3 is 2.47 bits per heavy atom. The molecule has 0 aliphatic rings. The second-order valence-corrected chi connectivity index (χ2v) is 8.95. The van der Waals surface area contributed by atoms with Gasteiger partial charge in [-0.3, -0.25) is 0 Å². The van der Waals surface area contributed by atoms with Gasteiger partial charge in [-0.1, -0.05) is 17.7 Å². The van der Waals surface area contributed by atoms with Crippen LogP contribution in [0.2, 0.25) is 5.02 Å². The van der Waals surface area contributed by atoms with E-state index in [0.717, 1.165) is 41.9 Å². The van der Waals surface area contributed by atoms with Crippen molar-refractivity contribution >= 4 is 34.4 Å². The molecule has 0 radical (unpaired) electrons. The molecule has 38 heavy (non-hydrogen) atoms. The number of aliphatic hydroxyl groups excluding tert-OH is 2. The average molecular weight is 552 g/mol. The van der Waals surface area contributed by atoms with Gasteiger partial charge in [-0.2, -0.15) is 0 Å². The van der Waals surface area contributed by atoms with Crippen molar-refractivity contribution in [2.75, 3.05) is 39.4 Å². The van der Waals surface area contributed by atoms with Crippen molar-refractivity contribution in [1.29, 1.82) is 0 Å². The Bertz CT molecular complexity index is 1130. The van der Waals surface area contributed by atoms with Crippen LogP contribution in [0.1, 0.15) is 12.1 Å². The Labute approximate surface area is 225 Å². The van der Waals surface area contributed by atoms with Gasteiger partial charge in [0.15, 0.2) is 5.97 Å². The fourth-order valence-electron chi connectivity index (χ4n) is 3.38. The lowest BCUT2D eigenvalue weighted by atomic mass is 10.2. The number of hydrogen-bond donors (Lipinski definition) is 6. The Morgan fingerprint density at radius 2 is 1.79 bits per heavy atom. The van der Waals surface area contributed by atoms with E-state index in [0.29, 0.717) is 23.9 Å². The molecule has 0 amide bonds. The molecule has 7 N–H and O–H groups in total. The van der Waals surface area contributed by atoms with Crippen molar-refractivity contribution in [2.45, 2.75) is 25.6 Å². The molecule has 0 spiro atoms. The van der Waals surface area contributed by atoms with E-state index in [1.54, 1.807) is 24.3 Å². The number of quaternary nitrogens is 1. The van der Waals surface area contributed by atoms with E-state index in [9.17, 15) is 10.2 Å². The third-order valence-corrected chi connectivity index (χ3v) is 5.45. The lowest BCUT2D eigenvalue weighted by Crippen LogP contribution is -2.86. The molecule has 2 atom stereocenters. The highest BCUT2D eigenvalue weighted by atomic mass is 35.5. The minimum Gasteiger partial charge on any atom is -0.539 e. The van der Waals surface area contributed by atoms with Gasteiger partial charge < -0.3 is 50.3 Å². The van der Waals surface area contributed by atoms with Gasteiger partial charge in [0.1, 0.15) is 43.5 Å². The highest BCUT2D eigenvalue weighted by Gasteiger charge is 2.10. The SMILES string of the molecule is Cc1cc2c(OCC(O)CNCCC[NH2+]CC(O)COc3ccc(Cl)cc3)cccc2[nH]1.O=C([O-])C(=O)O. The minimum atomic E-state index is -2.07. The summed E-state index contributed by atoms with van der Waals surface area (Å²) >= 11 is 5.84. The summed E-state index contributed by atoms with van der Waals surface area (Å²) in [5.74, 6) is -2.54. The molecule has 1 heterocycles. The zero-order chi connectivity index (χ0) is 27.9. The van der Waals surface area contributed by atoms with Crippen LogP contribution in [0.25, 0.3) is 10.9 Å². The normalized spacial score (nSPS) is 12.3. The van der Waals surface area contributed by atoms with Crippen LogP contribution in [-0.2, 0) is 9.59 Å². The number of carbonyl (C=O) groups excluding carboxylic acids is 1. The summed E-state index contributed by atoms with van der Waals surface area (Å²) in [6.45, 7) is 5.22. The van der Waals surface area contributed by atoms with E-state index in [2.05, 4.69) is 15.6 Å². The number of benzene rings is 2. The number of ether oxygens (including phenoxy) is 2. The van der Waals surface area contributed by atoms with E-state index in [-0.39, 0.29) is 13.2 Å². The predicted octanol–water partition coefficient (Wildman–Crippen LogP) is -0.327. The summed E-state index contributed by atoms with van der Waals surface area (Å²) in [6.07, 6.45) is -0.188. The molecule has 11 nitrogen and oxygen atoms in total. The van der Waals surface area contributed by atoms with Crippen molar-refractivity contribution in [1.82, 2.24) is 10.3 Å². The van der Waals surface area contributed by atoms with Crippen LogP contribution in [0.5, 0.6) is 11.5 Å². The van der Waals surface area contributed by atoms with E-state index in [1.807, 2.05) is 31.2 Å². The molecule has 0 aliphatic heterocycles. The maximum Gasteiger partial charge on any atom is 0.351 e. The quantitative estimate of drug-likeness (QED) is 0.115. The Balaban J connectivity index is 0.000000757. The maximum atomic E-state index is 10.2. The summed E-state index contributed by atoms with van der Waals surface area (Å²) in [4.78, 5) is 21.3. The molecule has 2 unspecified atom stereocenters. The highest BCUT2D eigenvalue weighted by molar-refractivity contribution is 6.30. The molecule has 0 fully saturated rings. The van der Waals surface area contributed by atoms with Gasteiger partial charge in [-0.05, 0) is 49.4 Å². The molecule has 1 aromatic heterocycles. The number of nitrogens with one attached hydrogen (secondary N) is 2. The zero-order valence-electron chi connectivity index (χ0n) is 21.1. The highest BCUT2D eigenvalue weighted by Crippen LogP contribution is 2.26. The number of H-pyrrole nitrogens is 1. The number of aromatic amines is 1. The van der Waals surface area contributed by atoms with Crippen molar-refractivity contribution in [3.63, 3.8) is 0 Å². The van der Waals surface area contributed by atoms with Gasteiger partial charge in [-0.25, -0.2) is 4.79 Å². The van der Waals surface area contributed by atoms with Crippen LogP contribution < -0.4 is 25.2 Å². The third-order valence-electron chi connectivity index (χ3n) is 5.20. The first-order chi connectivity index (χ1) is 18.2. The van der Waals surface area contributed by atoms with Crippen LogP contribution in [0.3, 0.4) is 0 Å². The average Bonchev–Trinajstić information content (AvgIpc) is 3.27. The van der Waals surface area contributed by atoms with Gasteiger partial charge in [0.05, 0.1) is 6.54 Å². The van der Waals surface area contributed by atoms with Crippen LogP contribution in [-0.4, -0.2) is 83.8 Å². The molecule has 3 aromatic rings. The number of aryl methyl sites for hydroxylation is 1. The second-order valence-electron chi connectivity index (χ2n) is 8.52. The van der Waals surface area contributed by atoms with Gasteiger partial charge in [0.25, 0.3) is 0 Å². The number of nitrogens with two attached hydrogens (primary N) is 1. The Kier molecular flexibility index (Phi) is 13.4. The van der Waals surface area contributed by atoms with Crippen LogP contribution in [0.4, 0.5) is 0 Å². The molecule has 0 saturated carbocycles. The number of fused-ring (bicyclic) bond motifs is 1. The topological polar surface area (TPSA) is 181 Å². The summed E-state index contributed by atoms with van der Waals surface area (Å²) < 4.78 is 11.4. The maximum absolute atomic E-state index is 10.2. The van der Waals surface area contributed by atoms with Crippen molar-refractivity contribution in [2.24, 2.45) is 0 Å². The molecule has 0 bridgehead atoms. The lowest BCUT2D eigenvalue weighted by molar-refractivity contribution is -0.661. The first-order valence-electron chi connectivity index (χ1n) is 12.1. The summed E-state index contributed by atoms with van der Waals surface area (Å²) in [5, 5.41) is 43.5. The predicted molar refractivity (Wildman–Crippen MR) is 139 cm³/mol. The van der Waals surface area contributed by atoms with E-state index in [1.165, 1.54) is 0 Å². The molecule has 3 rings (SSSR count). The second kappa shape index (κ2) is 16.5. The Hall–Kier alpha value is -3.35. The number of halogens is 1. The third kappa shape index (κ3) is 11.8. The number of carbonyl (C=O) groups is 2. The van der Waals surface area contributed by atoms with Gasteiger partial charge >= 0.3 is 5.97 Å². The number of aliphatic hydroxyl groups is 2. The van der Waals surface area contributed by atoms with Crippen molar-refractivity contribution in [3.8, 4) is 11.5 Å². The summed E-state index contributed by atoms with van der Waals surface area (Å²) in [7, 11) is 0. The number of aliphatic carboxylic acids is 2. The molecular weight excluding hydrogens is 518 g/mol. The molecule has 208 valence electrons. The van der Waals surface area contributed by atoms with Crippen molar-refractivity contribution < 1.29 is 44.8 Å². The minimum absolute atomic E-state index is 0.238. The Morgan fingerprint density at radius 1 is 1.11 bits per heavy atom. The standard InChI is InChI=1S/C24H32ClN3O4.C2H2O4/c1-17-12-22-23(28-17)4-2-5-24(22)32-16-20(30)14-27-11-3-10-26-13-19(29)15-31-21-8-6-18(25)7-9-21;3-1(4)2(5)6/h2,4-9,12,19-20,26-30H,3,10-11,13-16H2,1H3;(H,3,4)(H,5,6). The van der Waals surface area contributed by atoms with Gasteiger partial charge in [0, 0.05) is 41.1 Å².